The van der Waals surface area contributed by atoms with Crippen molar-refractivity contribution >= 4 is 0 Å². The lowest BCUT2D eigenvalue weighted by atomic mass is 9.87. The van der Waals surface area contributed by atoms with Crippen LogP contribution in [-0.2, 0) is 11.8 Å². The van der Waals surface area contributed by atoms with Crippen molar-refractivity contribution in [3.63, 3.8) is 0 Å². The maximum atomic E-state index is 8.85. The van der Waals surface area contributed by atoms with E-state index in [9.17, 15) is 0 Å². The second-order valence-corrected chi connectivity index (χ2v) is 7.99. The highest BCUT2D eigenvalue weighted by atomic mass is 16.5. The molecule has 2 aromatic rings. The fourth-order valence-corrected chi connectivity index (χ4v) is 2.38. The number of aliphatic hydroxyl groups is 2. The van der Waals surface area contributed by atoms with Gasteiger partial charge in [0.05, 0.1) is 13.2 Å². The Morgan fingerprint density at radius 3 is 1.40 bits per heavy atom. The van der Waals surface area contributed by atoms with E-state index in [0.717, 1.165) is 17.9 Å². The van der Waals surface area contributed by atoms with Gasteiger partial charge in [-0.3, -0.25) is 0 Å². The van der Waals surface area contributed by atoms with E-state index in [1.54, 1.807) is 0 Å². The van der Waals surface area contributed by atoms with Gasteiger partial charge in [0.1, 0.15) is 23.7 Å². The summed E-state index contributed by atoms with van der Waals surface area (Å²) in [6.45, 7) is 16.4. The average molecular weight is 419 g/mol. The highest BCUT2D eigenvalue weighted by Gasteiger charge is 2.13. The second-order valence-electron chi connectivity index (χ2n) is 7.99. The Morgan fingerprint density at radius 1 is 0.733 bits per heavy atom. The summed E-state index contributed by atoms with van der Waals surface area (Å²) in [6, 6.07) is 16.0. The Hall–Kier alpha value is -2.04. The van der Waals surface area contributed by atoms with E-state index in [4.69, 9.17) is 19.7 Å². The average Bonchev–Trinajstić information content (AvgIpc) is 2.75. The zero-order chi connectivity index (χ0) is 23.2. The predicted molar refractivity (Wildman–Crippen MR) is 127 cm³/mol. The van der Waals surface area contributed by atoms with Crippen molar-refractivity contribution in [1.82, 2.24) is 0 Å². The zero-order valence-corrected chi connectivity index (χ0v) is 20.1. The number of hydrogen-bond acceptors (Lipinski definition) is 4. The Bertz CT molecular complexity index is 657. The maximum absolute atomic E-state index is 8.85. The van der Waals surface area contributed by atoms with Crippen molar-refractivity contribution in [2.75, 3.05) is 13.2 Å². The molecule has 4 heteroatoms. The van der Waals surface area contributed by atoms with Crippen molar-refractivity contribution in [1.29, 1.82) is 0 Å². The van der Waals surface area contributed by atoms with Gasteiger partial charge in [-0.15, -0.1) is 0 Å². The first-order valence-corrected chi connectivity index (χ1v) is 10.9. The number of rotatable bonds is 7. The first-order chi connectivity index (χ1) is 14.2. The number of benzene rings is 2. The first-order valence-electron chi connectivity index (χ1n) is 10.9. The molecule has 2 atom stereocenters. The SMILES string of the molecule is CC.CC(CO)Oc1ccc(C(C)(C)C)cc1.CCc1ccc(OC(C)CO)cc1. The molecule has 0 aliphatic heterocycles. The van der Waals surface area contributed by atoms with Crippen LogP contribution >= 0.6 is 0 Å². The van der Waals surface area contributed by atoms with Crippen molar-refractivity contribution in [3.8, 4) is 11.5 Å². The van der Waals surface area contributed by atoms with Crippen molar-refractivity contribution < 1.29 is 19.7 Å². The van der Waals surface area contributed by atoms with E-state index in [-0.39, 0.29) is 30.8 Å². The number of ether oxygens (including phenoxy) is 2. The molecular weight excluding hydrogens is 376 g/mol. The Labute approximate surface area is 183 Å². The molecule has 2 unspecified atom stereocenters. The third-order valence-corrected chi connectivity index (χ3v) is 4.24. The van der Waals surface area contributed by atoms with Gasteiger partial charge in [0.15, 0.2) is 0 Å². The van der Waals surface area contributed by atoms with Crippen LogP contribution in [-0.4, -0.2) is 35.6 Å². The van der Waals surface area contributed by atoms with Gasteiger partial charge in [-0.25, -0.2) is 0 Å². The van der Waals surface area contributed by atoms with E-state index in [1.165, 1.54) is 11.1 Å². The molecule has 0 amide bonds. The standard InChI is InChI=1S/C13H20O2.C11H16O2.C2H6/c1-10(9-14)15-12-7-5-11(6-8-12)13(2,3)4;1-3-10-4-6-11(7-5-10)13-9(2)8-12;1-2/h5-8,10,14H,9H2,1-4H3;4-7,9,12H,3,8H2,1-2H3;1-2H3. The van der Waals surface area contributed by atoms with E-state index in [0.29, 0.717) is 0 Å². The Morgan fingerprint density at radius 2 is 1.10 bits per heavy atom. The summed E-state index contributed by atoms with van der Waals surface area (Å²) in [5.41, 5.74) is 2.75. The molecule has 170 valence electrons. The van der Waals surface area contributed by atoms with Crippen LogP contribution in [0.3, 0.4) is 0 Å². The van der Waals surface area contributed by atoms with Gasteiger partial charge in [0.25, 0.3) is 0 Å². The normalized spacial score (nSPS) is 12.5. The summed E-state index contributed by atoms with van der Waals surface area (Å²) in [4.78, 5) is 0. The highest BCUT2D eigenvalue weighted by molar-refractivity contribution is 5.31. The summed E-state index contributed by atoms with van der Waals surface area (Å²) in [6.07, 6.45) is 0.758. The highest BCUT2D eigenvalue weighted by Crippen LogP contribution is 2.24. The summed E-state index contributed by atoms with van der Waals surface area (Å²) in [5.74, 6) is 1.63. The van der Waals surface area contributed by atoms with E-state index in [1.807, 2.05) is 64.1 Å². The zero-order valence-electron chi connectivity index (χ0n) is 20.1. The molecule has 0 bridgehead atoms. The molecule has 0 aliphatic rings. The van der Waals surface area contributed by atoms with E-state index in [2.05, 4.69) is 39.8 Å². The quantitative estimate of drug-likeness (QED) is 0.598. The van der Waals surface area contributed by atoms with Crippen LogP contribution in [0.4, 0.5) is 0 Å². The van der Waals surface area contributed by atoms with Crippen LogP contribution in [0.15, 0.2) is 48.5 Å². The summed E-state index contributed by atoms with van der Waals surface area (Å²) in [5, 5.41) is 17.6. The largest absolute Gasteiger partial charge is 0.488 e. The Balaban J connectivity index is 0.000000522. The van der Waals surface area contributed by atoms with E-state index >= 15 is 0 Å². The second kappa shape index (κ2) is 14.9. The molecule has 0 spiro atoms. The van der Waals surface area contributed by atoms with Gasteiger partial charge < -0.3 is 19.7 Å². The number of aliphatic hydroxyl groups excluding tert-OH is 2. The van der Waals surface area contributed by atoms with Gasteiger partial charge in [-0.2, -0.15) is 0 Å². The minimum absolute atomic E-state index is 0.0427. The lowest BCUT2D eigenvalue weighted by Gasteiger charge is -2.19. The third kappa shape index (κ3) is 11.2. The van der Waals surface area contributed by atoms with Gasteiger partial charge in [-0.05, 0) is 61.1 Å². The van der Waals surface area contributed by atoms with Crippen LogP contribution in [0.1, 0.15) is 66.5 Å². The monoisotopic (exact) mass is 418 g/mol. The van der Waals surface area contributed by atoms with Crippen molar-refractivity contribution in [2.24, 2.45) is 0 Å². The lowest BCUT2D eigenvalue weighted by Crippen LogP contribution is -2.16. The summed E-state index contributed by atoms with van der Waals surface area (Å²) >= 11 is 0. The van der Waals surface area contributed by atoms with Crippen molar-refractivity contribution in [2.45, 2.75) is 79.4 Å². The Kier molecular flexibility index (Phi) is 13.9. The third-order valence-electron chi connectivity index (χ3n) is 4.24. The molecule has 0 radical (unpaired) electrons. The topological polar surface area (TPSA) is 58.9 Å². The predicted octanol–water partition coefficient (Wildman–Crippen LogP) is 5.78. The molecule has 0 heterocycles. The molecule has 0 aliphatic carbocycles. The van der Waals surface area contributed by atoms with E-state index < -0.39 is 0 Å². The molecule has 2 rings (SSSR count). The van der Waals surface area contributed by atoms with Gasteiger partial charge in [-0.1, -0.05) is 65.8 Å². The van der Waals surface area contributed by atoms with Crippen LogP contribution in [0, 0.1) is 0 Å². The van der Waals surface area contributed by atoms with Crippen LogP contribution in [0.5, 0.6) is 11.5 Å². The fourth-order valence-electron chi connectivity index (χ4n) is 2.38. The van der Waals surface area contributed by atoms with Crippen LogP contribution in [0.2, 0.25) is 0 Å². The van der Waals surface area contributed by atoms with Crippen molar-refractivity contribution in [3.05, 3.63) is 59.7 Å². The minimum Gasteiger partial charge on any atom is -0.488 e. The van der Waals surface area contributed by atoms with Gasteiger partial charge in [0.2, 0.25) is 0 Å². The molecule has 4 nitrogen and oxygen atoms in total. The van der Waals surface area contributed by atoms with Gasteiger partial charge in [0, 0.05) is 0 Å². The smallest absolute Gasteiger partial charge is 0.119 e. The van der Waals surface area contributed by atoms with Gasteiger partial charge >= 0.3 is 0 Å². The number of aryl methyl sites for hydroxylation is 1. The fraction of sp³-hybridized carbons (Fsp3) is 0.538. The molecule has 0 saturated carbocycles. The summed E-state index contributed by atoms with van der Waals surface area (Å²) in [7, 11) is 0. The molecule has 30 heavy (non-hydrogen) atoms. The molecule has 0 fully saturated rings. The first kappa shape index (κ1) is 28.0. The lowest BCUT2D eigenvalue weighted by molar-refractivity contribution is 0.129. The summed E-state index contributed by atoms with van der Waals surface area (Å²) < 4.78 is 10.9. The molecule has 2 N–H and O–H groups in total. The molecule has 0 aromatic heterocycles. The molecule has 0 saturated heterocycles. The maximum Gasteiger partial charge on any atom is 0.119 e. The molecule has 2 aromatic carbocycles. The molecular formula is C26H42O4. The van der Waals surface area contributed by atoms with Crippen LogP contribution in [0.25, 0.3) is 0 Å². The number of hydrogen-bond donors (Lipinski definition) is 2. The minimum atomic E-state index is -0.148. The van der Waals surface area contributed by atoms with Crippen LogP contribution < -0.4 is 9.47 Å².